The molecule has 0 spiro atoms. The van der Waals surface area contributed by atoms with E-state index >= 15 is 0 Å². The lowest BCUT2D eigenvalue weighted by Crippen LogP contribution is -2.13. The number of halogens is 1. The summed E-state index contributed by atoms with van der Waals surface area (Å²) in [5.74, 6) is 0.381. The van der Waals surface area contributed by atoms with E-state index in [4.69, 9.17) is 15.4 Å². The van der Waals surface area contributed by atoms with Crippen molar-refractivity contribution in [2.24, 2.45) is 0 Å². The van der Waals surface area contributed by atoms with Gasteiger partial charge in [-0.25, -0.2) is 8.42 Å². The third-order valence-corrected chi connectivity index (χ3v) is 4.49. The van der Waals surface area contributed by atoms with Crippen molar-refractivity contribution in [2.75, 3.05) is 0 Å². The van der Waals surface area contributed by atoms with E-state index in [1.165, 1.54) is 0 Å². The zero-order chi connectivity index (χ0) is 12.5. The first kappa shape index (κ1) is 12.7. The summed E-state index contributed by atoms with van der Waals surface area (Å²) in [6.07, 6.45) is 4.36. The van der Waals surface area contributed by atoms with Crippen molar-refractivity contribution >= 4 is 19.7 Å². The highest BCUT2D eigenvalue weighted by Gasteiger charge is 2.23. The van der Waals surface area contributed by atoms with E-state index in [-0.39, 0.29) is 11.0 Å². The molecule has 0 saturated heterocycles. The second-order valence-electron chi connectivity index (χ2n) is 4.36. The van der Waals surface area contributed by atoms with Gasteiger partial charge in [-0.15, -0.1) is 0 Å². The van der Waals surface area contributed by atoms with Crippen LogP contribution in [0.15, 0.2) is 23.1 Å². The van der Waals surface area contributed by atoms with Gasteiger partial charge in [-0.2, -0.15) is 0 Å². The second-order valence-corrected chi connectivity index (χ2v) is 6.87. The van der Waals surface area contributed by atoms with Crippen LogP contribution in [0.2, 0.25) is 0 Å². The highest BCUT2D eigenvalue weighted by molar-refractivity contribution is 8.13. The first-order valence-electron chi connectivity index (χ1n) is 5.69. The minimum Gasteiger partial charge on any atom is -0.489 e. The van der Waals surface area contributed by atoms with Gasteiger partial charge in [0.15, 0.2) is 0 Å². The van der Waals surface area contributed by atoms with Crippen molar-refractivity contribution < 1.29 is 13.2 Å². The Labute approximate surface area is 106 Å². The summed E-state index contributed by atoms with van der Waals surface area (Å²) in [5.41, 5.74) is 0.621. The number of hydrogen-bond acceptors (Lipinski definition) is 3. The molecule has 1 aromatic rings. The zero-order valence-electron chi connectivity index (χ0n) is 9.65. The fraction of sp³-hybridized carbons (Fsp3) is 0.500. The van der Waals surface area contributed by atoms with Crippen molar-refractivity contribution in [3.63, 3.8) is 0 Å². The minimum atomic E-state index is -3.76. The average Bonchev–Trinajstić information content (AvgIpc) is 2.68. The van der Waals surface area contributed by atoms with Crippen molar-refractivity contribution in [2.45, 2.75) is 43.6 Å². The lowest BCUT2D eigenvalue weighted by atomic mass is 10.2. The third-order valence-electron chi connectivity index (χ3n) is 3.02. The van der Waals surface area contributed by atoms with E-state index in [0.717, 1.165) is 25.7 Å². The second kappa shape index (κ2) is 4.86. The lowest BCUT2D eigenvalue weighted by molar-refractivity contribution is 0.204. The molecule has 0 N–H and O–H groups in total. The topological polar surface area (TPSA) is 43.4 Å². The Balaban J connectivity index is 2.36. The molecule has 0 atom stereocenters. The molecule has 1 aromatic carbocycles. The summed E-state index contributed by atoms with van der Waals surface area (Å²) in [4.78, 5) is 0.105. The number of ether oxygens (including phenoxy) is 1. The molecule has 0 radical (unpaired) electrons. The van der Waals surface area contributed by atoms with E-state index in [9.17, 15) is 8.42 Å². The maximum atomic E-state index is 11.5. The number of hydrogen-bond donors (Lipinski definition) is 0. The van der Waals surface area contributed by atoms with E-state index in [0.29, 0.717) is 11.3 Å². The molecule has 0 aromatic heterocycles. The fourth-order valence-electron chi connectivity index (χ4n) is 2.22. The Morgan fingerprint density at radius 2 is 1.94 bits per heavy atom. The van der Waals surface area contributed by atoms with Crippen molar-refractivity contribution in [1.82, 2.24) is 0 Å². The third kappa shape index (κ3) is 2.93. The van der Waals surface area contributed by atoms with Crippen molar-refractivity contribution in [3.8, 4) is 5.75 Å². The molecular weight excluding hydrogens is 260 g/mol. The van der Waals surface area contributed by atoms with Crippen LogP contribution >= 0.6 is 10.7 Å². The number of rotatable bonds is 3. The zero-order valence-corrected chi connectivity index (χ0v) is 11.2. The van der Waals surface area contributed by atoms with Gasteiger partial charge >= 0.3 is 0 Å². The highest BCUT2D eigenvalue weighted by atomic mass is 35.7. The predicted octanol–water partition coefficient (Wildman–Crippen LogP) is 3.24. The van der Waals surface area contributed by atoms with Crippen LogP contribution in [-0.4, -0.2) is 14.5 Å². The summed E-state index contributed by atoms with van der Waals surface area (Å²) in [5, 5.41) is 0. The molecule has 0 amide bonds. The van der Waals surface area contributed by atoms with Crippen LogP contribution < -0.4 is 4.74 Å². The van der Waals surface area contributed by atoms with Crippen LogP contribution in [0.25, 0.3) is 0 Å². The Morgan fingerprint density at radius 3 is 2.53 bits per heavy atom. The van der Waals surface area contributed by atoms with Gasteiger partial charge in [0, 0.05) is 10.7 Å². The normalized spacial score (nSPS) is 17.3. The molecule has 0 unspecified atom stereocenters. The molecule has 1 saturated carbocycles. The molecule has 3 nitrogen and oxygen atoms in total. The standard InChI is InChI=1S/C12H15ClO3S/c1-9-5-4-8-11(12(9)17(13,14)15)16-10-6-2-3-7-10/h4-5,8,10H,2-3,6-7H2,1H3. The molecular formula is C12H15ClO3S. The van der Waals surface area contributed by atoms with Crippen molar-refractivity contribution in [3.05, 3.63) is 23.8 Å². The average molecular weight is 275 g/mol. The maximum Gasteiger partial charge on any atom is 0.265 e. The van der Waals surface area contributed by atoms with Crippen LogP contribution in [0.4, 0.5) is 0 Å². The molecule has 5 heteroatoms. The van der Waals surface area contributed by atoms with Gasteiger partial charge in [0.1, 0.15) is 10.6 Å². The first-order chi connectivity index (χ1) is 7.98. The van der Waals surface area contributed by atoms with Crippen LogP contribution in [0.1, 0.15) is 31.2 Å². The van der Waals surface area contributed by atoms with Crippen LogP contribution in [-0.2, 0) is 9.05 Å². The SMILES string of the molecule is Cc1cccc(OC2CCCC2)c1S(=O)(=O)Cl. The van der Waals surface area contributed by atoms with Crippen LogP contribution in [0.5, 0.6) is 5.75 Å². The number of benzene rings is 1. The summed E-state index contributed by atoms with van der Waals surface area (Å²) < 4.78 is 28.8. The Kier molecular flexibility index (Phi) is 3.64. The van der Waals surface area contributed by atoms with E-state index in [1.807, 2.05) is 0 Å². The molecule has 1 fully saturated rings. The Hall–Kier alpha value is -0.740. The maximum absolute atomic E-state index is 11.5. The van der Waals surface area contributed by atoms with Crippen LogP contribution in [0.3, 0.4) is 0 Å². The van der Waals surface area contributed by atoms with E-state index in [2.05, 4.69) is 0 Å². The van der Waals surface area contributed by atoms with E-state index in [1.54, 1.807) is 25.1 Å². The van der Waals surface area contributed by atoms with Gasteiger partial charge in [-0.05, 0) is 44.2 Å². The van der Waals surface area contributed by atoms with E-state index < -0.39 is 9.05 Å². The van der Waals surface area contributed by atoms with Gasteiger partial charge in [-0.1, -0.05) is 12.1 Å². The quantitative estimate of drug-likeness (QED) is 0.795. The monoisotopic (exact) mass is 274 g/mol. The van der Waals surface area contributed by atoms with Gasteiger partial charge in [-0.3, -0.25) is 0 Å². The van der Waals surface area contributed by atoms with Gasteiger partial charge in [0.05, 0.1) is 6.10 Å². The molecule has 0 heterocycles. The number of aryl methyl sites for hydroxylation is 1. The van der Waals surface area contributed by atoms with Crippen LogP contribution in [0, 0.1) is 6.92 Å². The highest BCUT2D eigenvalue weighted by Crippen LogP contribution is 2.33. The summed E-state index contributed by atoms with van der Waals surface area (Å²) in [7, 11) is 1.69. The van der Waals surface area contributed by atoms with Gasteiger partial charge in [0.2, 0.25) is 0 Å². The molecule has 1 aliphatic carbocycles. The summed E-state index contributed by atoms with van der Waals surface area (Å²) >= 11 is 0. The minimum absolute atomic E-state index is 0.105. The molecule has 0 bridgehead atoms. The molecule has 2 rings (SSSR count). The van der Waals surface area contributed by atoms with Gasteiger partial charge in [0.25, 0.3) is 9.05 Å². The molecule has 17 heavy (non-hydrogen) atoms. The molecule has 0 aliphatic heterocycles. The largest absolute Gasteiger partial charge is 0.489 e. The Bertz CT molecular complexity index is 504. The summed E-state index contributed by atoms with van der Waals surface area (Å²) in [6.45, 7) is 1.72. The molecule has 94 valence electrons. The first-order valence-corrected chi connectivity index (χ1v) is 8.00. The van der Waals surface area contributed by atoms with Gasteiger partial charge < -0.3 is 4.74 Å². The Morgan fingerprint density at radius 1 is 1.29 bits per heavy atom. The fourth-order valence-corrected chi connectivity index (χ4v) is 3.62. The lowest BCUT2D eigenvalue weighted by Gasteiger charge is -2.16. The van der Waals surface area contributed by atoms with Crippen molar-refractivity contribution in [1.29, 1.82) is 0 Å². The predicted molar refractivity (Wildman–Crippen MR) is 67.1 cm³/mol. The molecule has 1 aliphatic rings. The summed E-state index contributed by atoms with van der Waals surface area (Å²) in [6, 6.07) is 5.17. The smallest absolute Gasteiger partial charge is 0.265 e.